The van der Waals surface area contributed by atoms with Crippen LogP contribution in [0.4, 0.5) is 34.1 Å². The summed E-state index contributed by atoms with van der Waals surface area (Å²) in [5.74, 6) is 3.35. The summed E-state index contributed by atoms with van der Waals surface area (Å²) in [5.41, 5.74) is 22.1. The first kappa shape index (κ1) is 55.9. The molecule has 0 saturated carbocycles. The van der Waals surface area contributed by atoms with Gasteiger partial charge in [0.05, 0.1) is 25.0 Å². The van der Waals surface area contributed by atoms with E-state index in [9.17, 15) is 0 Å². The Morgan fingerprint density at radius 3 is 0.977 bits per heavy atom. The molecule has 88 heavy (non-hydrogen) atoms. The first-order valence-corrected chi connectivity index (χ1v) is 31.8. The van der Waals surface area contributed by atoms with Crippen molar-refractivity contribution in [1.82, 2.24) is 0 Å². The second-order valence-corrected chi connectivity index (χ2v) is 24.4. The molecule has 0 radical (unpaired) electrons. The van der Waals surface area contributed by atoms with E-state index < -0.39 is 10.8 Å². The molecule has 0 N–H and O–H groups in total. The number of para-hydroxylation sites is 2. The van der Waals surface area contributed by atoms with Crippen LogP contribution in [-0.4, -0.2) is 25.7 Å². The van der Waals surface area contributed by atoms with E-state index in [4.69, 9.17) is 9.47 Å². The third kappa shape index (κ3) is 9.70. The van der Waals surface area contributed by atoms with E-state index >= 15 is 0 Å². The Morgan fingerprint density at radius 2 is 0.625 bits per heavy atom. The van der Waals surface area contributed by atoms with Gasteiger partial charge in [0, 0.05) is 55.4 Å². The minimum Gasteiger partial charge on any atom is -0.497 e. The van der Waals surface area contributed by atoms with E-state index in [1.807, 2.05) is 12.2 Å². The molecule has 0 saturated heterocycles. The summed E-state index contributed by atoms with van der Waals surface area (Å²) in [6.45, 7) is 7.95. The number of anilines is 6. The normalized spacial score (nSPS) is 15.1. The smallest absolute Gasteiger partial charge is 0.118 e. The third-order valence-corrected chi connectivity index (χ3v) is 19.6. The first-order chi connectivity index (χ1) is 43.4. The van der Waals surface area contributed by atoms with Gasteiger partial charge in [-0.05, 0) is 199 Å². The highest BCUT2D eigenvalue weighted by Gasteiger charge is 2.48. The highest BCUT2D eigenvalue weighted by molar-refractivity contribution is 7.99. The number of rotatable bonds is 19. The van der Waals surface area contributed by atoms with Crippen molar-refractivity contribution in [2.24, 2.45) is 0 Å². The maximum Gasteiger partial charge on any atom is 0.118 e. The van der Waals surface area contributed by atoms with Crippen molar-refractivity contribution in [3.63, 3.8) is 0 Å². The molecule has 12 aromatic rings. The SMILES string of the molecule is C=CCSc1ccc(C2(c3ccc(OC)cc3)c3ccccc3-c3ccc(N(c4ccccc4)c4ccc(-c5ccc(N(c6ccccc6)c6ccc7c(c6)C(c6ccc(OC)cc6)(c6ccc(SCC=C)cc6)c6ccccc6-7)cc5)cc4)cc32)cc1. The maximum absolute atomic E-state index is 5.74. The van der Waals surface area contributed by atoms with Crippen molar-refractivity contribution in [3.05, 3.63) is 361 Å². The van der Waals surface area contributed by atoms with Gasteiger partial charge in [-0.2, -0.15) is 0 Å². The summed E-state index contributed by atoms with van der Waals surface area (Å²) in [4.78, 5) is 7.20. The fourth-order valence-electron chi connectivity index (χ4n) is 13.6. The van der Waals surface area contributed by atoms with Gasteiger partial charge < -0.3 is 19.3 Å². The fourth-order valence-corrected chi connectivity index (χ4v) is 14.9. The van der Waals surface area contributed by atoms with Gasteiger partial charge in [0.2, 0.25) is 0 Å². The van der Waals surface area contributed by atoms with E-state index in [2.05, 4.69) is 314 Å². The van der Waals surface area contributed by atoms with Gasteiger partial charge in [-0.25, -0.2) is 0 Å². The maximum atomic E-state index is 5.74. The van der Waals surface area contributed by atoms with Crippen LogP contribution in [0.3, 0.4) is 0 Å². The average Bonchev–Trinajstić information content (AvgIpc) is 1.55. The van der Waals surface area contributed by atoms with Crippen LogP contribution in [0.25, 0.3) is 33.4 Å². The van der Waals surface area contributed by atoms with Crippen LogP contribution in [-0.2, 0) is 10.8 Å². The third-order valence-electron chi connectivity index (χ3n) is 17.5. The topological polar surface area (TPSA) is 24.9 Å². The fraction of sp³-hybridized carbons (Fsp3) is 0.0732. The van der Waals surface area contributed by atoms with E-state index in [0.29, 0.717) is 0 Å². The lowest BCUT2D eigenvalue weighted by molar-refractivity contribution is 0.414. The average molecular weight is 1170 g/mol. The molecule has 0 spiro atoms. The van der Waals surface area contributed by atoms with Gasteiger partial charge in [0.15, 0.2) is 0 Å². The highest BCUT2D eigenvalue weighted by atomic mass is 32.2. The van der Waals surface area contributed by atoms with Crippen molar-refractivity contribution in [1.29, 1.82) is 0 Å². The van der Waals surface area contributed by atoms with Gasteiger partial charge in [-0.15, -0.1) is 36.7 Å². The number of ether oxygens (including phenoxy) is 2. The van der Waals surface area contributed by atoms with Crippen LogP contribution in [0.5, 0.6) is 11.5 Å². The number of hydrogen-bond acceptors (Lipinski definition) is 6. The van der Waals surface area contributed by atoms with Crippen LogP contribution in [0.2, 0.25) is 0 Å². The van der Waals surface area contributed by atoms with Crippen molar-refractivity contribution in [3.8, 4) is 44.9 Å². The summed E-state index contributed by atoms with van der Waals surface area (Å²) in [6, 6.07) is 107. The number of nitrogens with zero attached hydrogens (tertiary/aromatic N) is 2. The van der Waals surface area contributed by atoms with Gasteiger partial charge in [0.1, 0.15) is 11.5 Å². The van der Waals surface area contributed by atoms with Gasteiger partial charge in [-0.1, -0.05) is 182 Å². The molecule has 2 atom stereocenters. The second kappa shape index (κ2) is 24.1. The molecular weight excluding hydrogens is 1110 g/mol. The van der Waals surface area contributed by atoms with Crippen LogP contribution >= 0.6 is 23.5 Å². The van der Waals surface area contributed by atoms with E-state index in [-0.39, 0.29) is 0 Å². The van der Waals surface area contributed by atoms with E-state index in [1.54, 1.807) is 37.7 Å². The lowest BCUT2D eigenvalue weighted by Crippen LogP contribution is -2.28. The molecule has 6 heteroatoms. The largest absolute Gasteiger partial charge is 0.497 e. The molecule has 2 aliphatic carbocycles. The molecule has 0 fully saturated rings. The number of fused-ring (bicyclic) bond motifs is 6. The van der Waals surface area contributed by atoms with Gasteiger partial charge in [0.25, 0.3) is 0 Å². The Hall–Kier alpha value is -9.98. The lowest BCUT2D eigenvalue weighted by atomic mass is 9.67. The quantitative estimate of drug-likeness (QED) is 0.0591. The molecule has 0 amide bonds. The molecule has 2 aliphatic rings. The Morgan fingerprint density at radius 1 is 0.318 bits per heavy atom. The van der Waals surface area contributed by atoms with E-state index in [1.165, 1.54) is 76.6 Å². The predicted octanol–water partition coefficient (Wildman–Crippen LogP) is 21.6. The summed E-state index contributed by atoms with van der Waals surface area (Å²) in [5, 5.41) is 0. The number of methoxy groups -OCH3 is 2. The molecule has 0 bridgehead atoms. The molecule has 2 unspecified atom stereocenters. The number of benzene rings is 12. The van der Waals surface area contributed by atoms with Crippen molar-refractivity contribution in [2.45, 2.75) is 20.6 Å². The van der Waals surface area contributed by atoms with Crippen molar-refractivity contribution >= 4 is 57.6 Å². The minimum atomic E-state index is -0.615. The Kier molecular flexibility index (Phi) is 15.3. The zero-order valence-electron chi connectivity index (χ0n) is 49.2. The highest BCUT2D eigenvalue weighted by Crippen LogP contribution is 2.60. The Balaban J connectivity index is 0.842. The Bertz CT molecular complexity index is 4180. The Labute approximate surface area is 525 Å². The molecule has 14 rings (SSSR count). The second-order valence-electron chi connectivity index (χ2n) is 22.2. The lowest BCUT2D eigenvalue weighted by Gasteiger charge is -2.35. The molecule has 0 heterocycles. The number of hydrogen-bond donors (Lipinski definition) is 0. The molecule has 426 valence electrons. The van der Waals surface area contributed by atoms with Crippen LogP contribution < -0.4 is 19.3 Å². The number of thioether (sulfide) groups is 2. The molecule has 0 aromatic heterocycles. The molecule has 12 aromatic carbocycles. The molecular formula is C82H64N2O2S2. The summed E-state index contributed by atoms with van der Waals surface area (Å²) < 4.78 is 11.5. The monoisotopic (exact) mass is 1170 g/mol. The molecule has 0 aliphatic heterocycles. The standard InChI is InChI=1S/C82H64N2O2S2/c1-5-53-87-71-47-33-61(34-48-71)81(59-29-43-69(85-3)44-30-59)77-23-15-13-21-73(77)75-51-41-67(55-79(75)81)83(63-17-9-7-10-18-63)65-37-25-57(26-38-65)58-27-39-66(40-28-58)84(64-19-11-8-12-20-64)68-42-52-76-74-22-14-16-24-78(74)82(80(76)56-68,60-31-45-70(86-4)46-32-60)62-35-49-72(50-36-62)88-54-6-2/h5-52,55-56H,1-2,53-54H2,3-4H3. The minimum absolute atomic E-state index is 0.615. The summed E-state index contributed by atoms with van der Waals surface area (Å²) >= 11 is 3.60. The van der Waals surface area contributed by atoms with Crippen LogP contribution in [0.15, 0.2) is 326 Å². The van der Waals surface area contributed by atoms with Crippen molar-refractivity contribution < 1.29 is 9.47 Å². The first-order valence-electron chi connectivity index (χ1n) is 29.8. The predicted molar refractivity (Wildman–Crippen MR) is 371 cm³/mol. The summed E-state index contributed by atoms with van der Waals surface area (Å²) in [7, 11) is 3.46. The zero-order valence-corrected chi connectivity index (χ0v) is 50.9. The van der Waals surface area contributed by atoms with Gasteiger partial charge in [-0.3, -0.25) is 0 Å². The van der Waals surface area contributed by atoms with Crippen molar-refractivity contribution in [2.75, 3.05) is 35.5 Å². The summed E-state index contributed by atoms with van der Waals surface area (Å²) in [6.07, 6.45) is 3.92. The van der Waals surface area contributed by atoms with Crippen LogP contribution in [0, 0.1) is 0 Å². The van der Waals surface area contributed by atoms with Crippen LogP contribution in [0.1, 0.15) is 44.5 Å². The van der Waals surface area contributed by atoms with Gasteiger partial charge >= 0.3 is 0 Å². The molecule has 4 nitrogen and oxygen atoms in total. The van der Waals surface area contributed by atoms with E-state index in [0.717, 1.165) is 68.3 Å². The zero-order chi connectivity index (χ0) is 59.6.